The molecule has 0 aromatic carbocycles. The Bertz CT molecular complexity index is 374. The fourth-order valence-corrected chi connectivity index (χ4v) is 29.8. The second-order valence-electron chi connectivity index (χ2n) is 7.71. The zero-order valence-corrected chi connectivity index (χ0v) is 16.3. The van der Waals surface area contributed by atoms with E-state index in [0.717, 1.165) is 0 Å². The fourth-order valence-electron chi connectivity index (χ4n) is 3.86. The topological polar surface area (TPSA) is 12.9 Å². The van der Waals surface area contributed by atoms with Gasteiger partial charge < -0.3 is 4.79 Å². The lowest BCUT2D eigenvalue weighted by Gasteiger charge is -2.61. The highest BCUT2D eigenvalue weighted by Gasteiger charge is 2.36. The van der Waals surface area contributed by atoms with Crippen LogP contribution in [0.2, 0.25) is 52.4 Å². The summed E-state index contributed by atoms with van der Waals surface area (Å²) in [7, 11) is -4.03. The molecule has 4 heteroatoms. The standard InChI is InChI=1S/C14H28NSi3/c1-16(2,3)14(17(4,5)6)18(7,8)13-11-9-10-12-15-13/h9-12H,1-8H3/q-1. The Balaban J connectivity index is 3.30. The number of hydrogen-bond donors (Lipinski definition) is 0. The first-order chi connectivity index (χ1) is 7.97. The van der Waals surface area contributed by atoms with Crippen molar-refractivity contribution in [3.05, 3.63) is 29.2 Å². The van der Waals surface area contributed by atoms with Crippen molar-refractivity contribution in [1.29, 1.82) is 0 Å². The summed E-state index contributed by atoms with van der Waals surface area (Å²) in [6, 6.07) is 6.41. The van der Waals surface area contributed by atoms with Crippen LogP contribution in [0.15, 0.2) is 24.4 Å². The summed E-state index contributed by atoms with van der Waals surface area (Å²) in [6.45, 7) is 20.1. The normalized spacial score (nSPS) is 14.1. The van der Waals surface area contributed by atoms with Crippen LogP contribution in [0.3, 0.4) is 0 Å². The Kier molecular flexibility index (Phi) is 4.45. The SMILES string of the molecule is C[Si](C)(C)[C-]([Si](C)(C)C)[Si](C)(C)c1ccccn1. The van der Waals surface area contributed by atoms with Gasteiger partial charge in [0.15, 0.2) is 0 Å². The average molecular weight is 295 g/mol. The third-order valence-corrected chi connectivity index (χ3v) is 22.0. The smallest absolute Gasteiger partial charge is 0.0264 e. The van der Waals surface area contributed by atoms with Crippen LogP contribution in [0.25, 0.3) is 0 Å². The quantitative estimate of drug-likeness (QED) is 0.607. The molecule has 0 bridgehead atoms. The van der Waals surface area contributed by atoms with Crippen molar-refractivity contribution < 1.29 is 0 Å². The van der Waals surface area contributed by atoms with Crippen LogP contribution in [-0.2, 0) is 0 Å². The number of pyridine rings is 1. The molecule has 18 heavy (non-hydrogen) atoms. The van der Waals surface area contributed by atoms with Crippen molar-refractivity contribution >= 4 is 29.5 Å². The fraction of sp³-hybridized carbons (Fsp3) is 0.571. The summed E-state index contributed by atoms with van der Waals surface area (Å²) >= 11 is 0. The molecular formula is C14H28NSi3-. The Morgan fingerprint density at radius 1 is 0.833 bits per heavy atom. The molecule has 0 atom stereocenters. The lowest BCUT2D eigenvalue weighted by atomic mass is 10.5. The molecule has 1 aromatic heterocycles. The molecule has 0 radical (unpaired) electrons. The van der Waals surface area contributed by atoms with Crippen LogP contribution >= 0.6 is 0 Å². The summed E-state index contributed by atoms with van der Waals surface area (Å²) < 4.78 is 0. The van der Waals surface area contributed by atoms with E-state index in [0.29, 0.717) is 0 Å². The maximum absolute atomic E-state index is 4.68. The minimum Gasteiger partial charge on any atom is -0.305 e. The van der Waals surface area contributed by atoms with E-state index in [1.165, 1.54) is 5.32 Å². The number of rotatable bonds is 4. The van der Waals surface area contributed by atoms with Gasteiger partial charge in [0, 0.05) is 6.20 Å². The molecule has 0 unspecified atom stereocenters. The van der Waals surface area contributed by atoms with Crippen molar-refractivity contribution in [3.8, 4) is 0 Å². The second kappa shape index (κ2) is 5.06. The molecule has 0 N–H and O–H groups in total. The maximum Gasteiger partial charge on any atom is 0.0264 e. The van der Waals surface area contributed by atoms with E-state index in [1.54, 1.807) is 0 Å². The van der Waals surface area contributed by atoms with Crippen LogP contribution in [-0.4, -0.2) is 29.2 Å². The van der Waals surface area contributed by atoms with E-state index in [1.807, 2.05) is 17.1 Å². The van der Waals surface area contributed by atoms with Gasteiger partial charge >= 0.3 is 0 Å². The summed E-state index contributed by atoms with van der Waals surface area (Å²) in [5.74, 6) is 0. The van der Waals surface area contributed by atoms with Crippen molar-refractivity contribution in [1.82, 2.24) is 4.98 Å². The van der Waals surface area contributed by atoms with E-state index in [2.05, 4.69) is 69.5 Å². The first kappa shape index (κ1) is 15.9. The molecular weight excluding hydrogens is 266 g/mol. The maximum atomic E-state index is 4.68. The number of aromatic nitrogens is 1. The minimum absolute atomic E-state index is 1.24. The van der Waals surface area contributed by atoms with Crippen LogP contribution in [0.1, 0.15) is 0 Å². The molecule has 0 aliphatic carbocycles. The van der Waals surface area contributed by atoms with Crippen LogP contribution in [0, 0.1) is 4.79 Å². The summed E-state index contributed by atoms with van der Waals surface area (Å²) in [4.78, 5) is 6.64. The molecule has 0 amide bonds. The molecule has 0 aliphatic rings. The predicted octanol–water partition coefficient (Wildman–Crippen LogP) is 3.87. The second-order valence-corrected chi connectivity index (χ2v) is 23.5. The van der Waals surface area contributed by atoms with E-state index >= 15 is 0 Å². The molecule has 1 rings (SSSR count). The minimum atomic E-state index is -1.55. The summed E-state index contributed by atoms with van der Waals surface area (Å²) in [6.07, 6.45) is 1.95. The van der Waals surface area contributed by atoms with Gasteiger partial charge in [0.05, 0.1) is 0 Å². The van der Waals surface area contributed by atoms with Crippen LogP contribution < -0.4 is 5.32 Å². The largest absolute Gasteiger partial charge is 0.305 e. The van der Waals surface area contributed by atoms with Gasteiger partial charge in [-0.1, -0.05) is 58.4 Å². The van der Waals surface area contributed by atoms with Crippen molar-refractivity contribution in [2.24, 2.45) is 0 Å². The van der Waals surface area contributed by atoms with E-state index < -0.39 is 24.2 Å². The van der Waals surface area contributed by atoms with Gasteiger partial charge in [-0.05, 0) is 25.5 Å². The molecule has 0 aliphatic heterocycles. The van der Waals surface area contributed by atoms with E-state index in [9.17, 15) is 0 Å². The van der Waals surface area contributed by atoms with Gasteiger partial charge in [-0.15, -0.1) is 16.1 Å². The van der Waals surface area contributed by atoms with Crippen LogP contribution in [0.4, 0.5) is 0 Å². The van der Waals surface area contributed by atoms with Gasteiger partial charge in [-0.25, -0.2) is 0 Å². The van der Waals surface area contributed by atoms with Crippen LogP contribution in [0.5, 0.6) is 0 Å². The molecule has 0 saturated heterocycles. The number of nitrogens with zero attached hydrogens (tertiary/aromatic N) is 1. The lowest BCUT2D eigenvalue weighted by molar-refractivity contribution is 1.35. The molecule has 1 aromatic rings. The Labute approximate surface area is 116 Å². The highest BCUT2D eigenvalue weighted by Crippen LogP contribution is 2.35. The molecule has 0 fully saturated rings. The monoisotopic (exact) mass is 294 g/mol. The van der Waals surface area contributed by atoms with Gasteiger partial charge in [-0.2, -0.15) is 0 Å². The van der Waals surface area contributed by atoms with E-state index in [4.69, 9.17) is 0 Å². The molecule has 0 saturated carbocycles. The van der Waals surface area contributed by atoms with Crippen molar-refractivity contribution in [3.63, 3.8) is 0 Å². The van der Waals surface area contributed by atoms with Gasteiger partial charge in [-0.3, -0.25) is 4.98 Å². The summed E-state index contributed by atoms with van der Waals surface area (Å²) in [5, 5.41) is 1.37. The highest BCUT2D eigenvalue weighted by atomic mass is 28.5. The van der Waals surface area contributed by atoms with Gasteiger partial charge in [0.25, 0.3) is 0 Å². The van der Waals surface area contributed by atoms with Crippen molar-refractivity contribution in [2.75, 3.05) is 0 Å². The Hall–Kier alpha value is -0.199. The first-order valence-corrected chi connectivity index (χ1v) is 16.8. The van der Waals surface area contributed by atoms with Gasteiger partial charge in [0.2, 0.25) is 0 Å². The lowest BCUT2D eigenvalue weighted by Crippen LogP contribution is -2.65. The zero-order valence-electron chi connectivity index (χ0n) is 13.3. The molecule has 1 heterocycles. The van der Waals surface area contributed by atoms with E-state index in [-0.39, 0.29) is 0 Å². The molecule has 1 nitrogen and oxygen atoms in total. The predicted molar refractivity (Wildman–Crippen MR) is 91.3 cm³/mol. The Morgan fingerprint density at radius 3 is 1.67 bits per heavy atom. The highest BCUT2D eigenvalue weighted by molar-refractivity contribution is 7.23. The third-order valence-electron chi connectivity index (χ3n) is 3.43. The average Bonchev–Trinajstić information content (AvgIpc) is 2.13. The third kappa shape index (κ3) is 3.42. The molecule has 0 spiro atoms. The first-order valence-electron chi connectivity index (χ1n) is 6.77. The van der Waals surface area contributed by atoms with Gasteiger partial charge in [0.1, 0.15) is 0 Å². The van der Waals surface area contributed by atoms with Crippen molar-refractivity contribution in [2.45, 2.75) is 52.4 Å². The summed E-state index contributed by atoms with van der Waals surface area (Å²) in [5.41, 5.74) is 0. The molecule has 102 valence electrons. The Morgan fingerprint density at radius 2 is 1.33 bits per heavy atom. The number of hydrogen-bond acceptors (Lipinski definition) is 1. The zero-order chi connectivity index (χ0) is 14.2.